The second-order valence-corrected chi connectivity index (χ2v) is 6.19. The van der Waals surface area contributed by atoms with Crippen molar-refractivity contribution in [3.8, 4) is 17.2 Å². The summed E-state index contributed by atoms with van der Waals surface area (Å²) in [6.07, 6.45) is 0.473. The van der Waals surface area contributed by atoms with Crippen LogP contribution in [-0.2, 0) is 11.2 Å². The molecule has 28 heavy (non-hydrogen) atoms. The van der Waals surface area contributed by atoms with E-state index in [4.69, 9.17) is 14.2 Å². The van der Waals surface area contributed by atoms with E-state index in [-0.39, 0.29) is 17.9 Å². The molecule has 0 atom stereocenters. The maximum atomic E-state index is 12.4. The third-order valence-electron chi connectivity index (χ3n) is 4.43. The molecule has 0 aliphatic rings. The molecule has 146 valence electrons. The Morgan fingerprint density at radius 2 is 1.68 bits per heavy atom. The van der Waals surface area contributed by atoms with Gasteiger partial charge in [-0.05, 0) is 42.8 Å². The number of anilines is 1. The number of rotatable bonds is 7. The van der Waals surface area contributed by atoms with Crippen LogP contribution in [0.3, 0.4) is 0 Å². The molecule has 0 saturated heterocycles. The quantitative estimate of drug-likeness (QED) is 0.655. The third kappa shape index (κ3) is 4.25. The molecular formula is C21H22N2O5. The molecule has 0 bridgehead atoms. The van der Waals surface area contributed by atoms with E-state index in [1.165, 1.54) is 7.11 Å². The second kappa shape index (κ2) is 8.47. The minimum absolute atomic E-state index is 0.160. The average molecular weight is 382 g/mol. The minimum atomic E-state index is -0.214. The van der Waals surface area contributed by atoms with Gasteiger partial charge in [-0.15, -0.1) is 0 Å². The lowest BCUT2D eigenvalue weighted by atomic mass is 10.1. The van der Waals surface area contributed by atoms with Crippen molar-refractivity contribution in [1.29, 1.82) is 0 Å². The first-order valence-corrected chi connectivity index (χ1v) is 8.76. The summed E-state index contributed by atoms with van der Waals surface area (Å²) in [5.41, 5.74) is 1.61. The molecule has 0 radical (unpaired) electrons. The molecule has 2 N–H and O–H groups in total. The number of aromatic amines is 1. The largest absolute Gasteiger partial charge is 0.497 e. The summed E-state index contributed by atoms with van der Waals surface area (Å²) in [6, 6.07) is 12.4. The van der Waals surface area contributed by atoms with E-state index in [9.17, 15) is 9.59 Å². The molecule has 2 aromatic carbocycles. The number of hydrogen-bond donors (Lipinski definition) is 2. The summed E-state index contributed by atoms with van der Waals surface area (Å²) in [5.74, 6) is 1.62. The number of methoxy groups -OCH3 is 3. The van der Waals surface area contributed by atoms with E-state index >= 15 is 0 Å². The molecule has 7 heteroatoms. The fourth-order valence-corrected chi connectivity index (χ4v) is 2.91. The van der Waals surface area contributed by atoms with E-state index in [0.29, 0.717) is 34.9 Å². The van der Waals surface area contributed by atoms with Crippen molar-refractivity contribution < 1.29 is 19.0 Å². The Morgan fingerprint density at radius 3 is 2.39 bits per heavy atom. The van der Waals surface area contributed by atoms with Crippen LogP contribution in [0.15, 0.2) is 47.3 Å². The molecule has 7 nitrogen and oxygen atoms in total. The average Bonchev–Trinajstić information content (AvgIpc) is 2.72. The van der Waals surface area contributed by atoms with Crippen molar-refractivity contribution in [1.82, 2.24) is 4.98 Å². The number of hydrogen-bond acceptors (Lipinski definition) is 5. The molecule has 0 unspecified atom stereocenters. The van der Waals surface area contributed by atoms with Crippen LogP contribution in [0.2, 0.25) is 0 Å². The Kier molecular flexibility index (Phi) is 5.84. The Bertz CT molecular complexity index is 1060. The Hall–Kier alpha value is -3.48. The fraction of sp³-hybridized carbons (Fsp3) is 0.238. The number of aromatic nitrogens is 1. The molecule has 3 rings (SSSR count). The van der Waals surface area contributed by atoms with Gasteiger partial charge in [0.1, 0.15) is 17.2 Å². The van der Waals surface area contributed by atoms with Crippen LogP contribution in [0.5, 0.6) is 17.2 Å². The molecule has 0 spiro atoms. The first-order valence-electron chi connectivity index (χ1n) is 8.76. The van der Waals surface area contributed by atoms with Crippen LogP contribution in [0.4, 0.5) is 5.69 Å². The number of pyridine rings is 1. The maximum absolute atomic E-state index is 12.4. The number of carbonyl (C=O) groups excluding carboxylic acids is 1. The van der Waals surface area contributed by atoms with Crippen molar-refractivity contribution in [3.63, 3.8) is 0 Å². The summed E-state index contributed by atoms with van der Waals surface area (Å²) in [7, 11) is 4.67. The van der Waals surface area contributed by atoms with E-state index in [1.54, 1.807) is 50.6 Å². The number of H-pyrrole nitrogens is 1. The van der Waals surface area contributed by atoms with Crippen LogP contribution < -0.4 is 25.1 Å². The first kappa shape index (κ1) is 19.3. The van der Waals surface area contributed by atoms with Gasteiger partial charge in [-0.3, -0.25) is 9.59 Å². The van der Waals surface area contributed by atoms with Gasteiger partial charge in [0.05, 0.1) is 27.0 Å². The highest BCUT2D eigenvalue weighted by molar-refractivity contribution is 5.92. The van der Waals surface area contributed by atoms with Crippen LogP contribution in [0.1, 0.15) is 12.0 Å². The third-order valence-corrected chi connectivity index (χ3v) is 4.43. The Morgan fingerprint density at radius 1 is 0.964 bits per heavy atom. The zero-order valence-corrected chi connectivity index (χ0v) is 16.0. The van der Waals surface area contributed by atoms with Crippen molar-refractivity contribution in [2.24, 2.45) is 0 Å². The zero-order valence-electron chi connectivity index (χ0n) is 16.0. The molecule has 0 fully saturated rings. The van der Waals surface area contributed by atoms with Crippen LogP contribution >= 0.6 is 0 Å². The smallest absolute Gasteiger partial charge is 0.251 e. The molecular weight excluding hydrogens is 360 g/mol. The second-order valence-electron chi connectivity index (χ2n) is 6.19. The van der Waals surface area contributed by atoms with Gasteiger partial charge in [0.15, 0.2) is 0 Å². The zero-order chi connectivity index (χ0) is 20.1. The molecule has 1 heterocycles. The molecule has 0 aliphatic carbocycles. The van der Waals surface area contributed by atoms with Gasteiger partial charge >= 0.3 is 0 Å². The lowest BCUT2D eigenvalue weighted by Gasteiger charge is -2.11. The molecule has 0 aliphatic heterocycles. The first-order chi connectivity index (χ1) is 13.5. The molecule has 3 aromatic rings. The fourth-order valence-electron chi connectivity index (χ4n) is 2.91. The predicted octanol–water partition coefficient (Wildman–Crippen LogP) is 3.13. The van der Waals surface area contributed by atoms with Crippen LogP contribution in [0, 0.1) is 0 Å². The number of fused-ring (bicyclic) bond motifs is 1. The highest BCUT2D eigenvalue weighted by Crippen LogP contribution is 2.29. The topological polar surface area (TPSA) is 89.7 Å². The standard InChI is InChI=1S/C21H22N2O5/c1-26-15-5-7-17-14(11-15)10-13(21(25)23-17)4-9-20(24)22-18-8-6-16(27-2)12-19(18)28-3/h5-8,10-12H,4,9H2,1-3H3,(H,22,24)(H,23,25). The van der Waals surface area contributed by atoms with Crippen LogP contribution in [-0.4, -0.2) is 32.2 Å². The number of carbonyl (C=O) groups is 1. The number of benzene rings is 2. The number of nitrogens with one attached hydrogen (secondary N) is 2. The Balaban J connectivity index is 1.72. The predicted molar refractivity (Wildman–Crippen MR) is 108 cm³/mol. The van der Waals surface area contributed by atoms with Gasteiger partial charge in [-0.25, -0.2) is 0 Å². The van der Waals surface area contributed by atoms with E-state index in [0.717, 1.165) is 10.9 Å². The summed E-state index contributed by atoms with van der Waals surface area (Å²) in [5, 5.41) is 3.66. The maximum Gasteiger partial charge on any atom is 0.251 e. The molecule has 1 aromatic heterocycles. The van der Waals surface area contributed by atoms with Crippen molar-refractivity contribution in [3.05, 3.63) is 58.4 Å². The highest BCUT2D eigenvalue weighted by Gasteiger charge is 2.11. The summed E-state index contributed by atoms with van der Waals surface area (Å²) in [4.78, 5) is 27.5. The van der Waals surface area contributed by atoms with Crippen molar-refractivity contribution in [2.75, 3.05) is 26.6 Å². The van der Waals surface area contributed by atoms with E-state index in [1.807, 2.05) is 6.07 Å². The van der Waals surface area contributed by atoms with Crippen molar-refractivity contribution >= 4 is 22.5 Å². The normalized spacial score (nSPS) is 10.5. The van der Waals surface area contributed by atoms with E-state index in [2.05, 4.69) is 10.3 Å². The number of aryl methyl sites for hydroxylation is 1. The summed E-state index contributed by atoms with van der Waals surface area (Å²) < 4.78 is 15.6. The number of amides is 1. The van der Waals surface area contributed by atoms with Crippen LogP contribution in [0.25, 0.3) is 10.9 Å². The lowest BCUT2D eigenvalue weighted by Crippen LogP contribution is -2.17. The number of ether oxygens (including phenoxy) is 3. The lowest BCUT2D eigenvalue weighted by molar-refractivity contribution is -0.116. The van der Waals surface area contributed by atoms with Gasteiger partial charge in [-0.1, -0.05) is 0 Å². The SMILES string of the molecule is COc1ccc(NC(=O)CCc2cc3cc(OC)ccc3[nH]c2=O)c(OC)c1. The van der Waals surface area contributed by atoms with Gasteiger partial charge < -0.3 is 24.5 Å². The molecule has 0 saturated carbocycles. The van der Waals surface area contributed by atoms with Crippen molar-refractivity contribution in [2.45, 2.75) is 12.8 Å². The van der Waals surface area contributed by atoms with Gasteiger partial charge in [0.25, 0.3) is 5.56 Å². The summed E-state index contributed by atoms with van der Waals surface area (Å²) >= 11 is 0. The van der Waals surface area contributed by atoms with E-state index < -0.39 is 0 Å². The van der Waals surface area contributed by atoms with Gasteiger partial charge in [-0.2, -0.15) is 0 Å². The van der Waals surface area contributed by atoms with Gasteiger partial charge in [0, 0.05) is 29.0 Å². The monoisotopic (exact) mass is 382 g/mol. The summed E-state index contributed by atoms with van der Waals surface area (Å²) in [6.45, 7) is 0. The highest BCUT2D eigenvalue weighted by atomic mass is 16.5. The minimum Gasteiger partial charge on any atom is -0.497 e. The van der Waals surface area contributed by atoms with Gasteiger partial charge in [0.2, 0.25) is 5.91 Å². The Labute approximate surface area is 162 Å². The molecule has 1 amide bonds.